The number of hydrogen-bond donors (Lipinski definition) is 1. The van der Waals surface area contributed by atoms with Gasteiger partial charge in [0.15, 0.2) is 0 Å². The summed E-state index contributed by atoms with van der Waals surface area (Å²) in [5, 5.41) is 4.41. The van der Waals surface area contributed by atoms with Crippen molar-refractivity contribution >= 4 is 17.6 Å². The molecule has 0 bridgehead atoms. The zero-order chi connectivity index (χ0) is 16.8. The molecule has 1 aliphatic rings. The van der Waals surface area contributed by atoms with Gasteiger partial charge in [-0.15, -0.1) is 11.8 Å². The maximum absolute atomic E-state index is 4.67. The van der Waals surface area contributed by atoms with E-state index in [4.69, 9.17) is 0 Å². The lowest BCUT2D eigenvalue weighted by atomic mass is 10.2. The first-order chi connectivity index (χ1) is 11.7. The summed E-state index contributed by atoms with van der Waals surface area (Å²) < 4.78 is 0. The Balaban J connectivity index is 1.53. The average molecular weight is 344 g/mol. The van der Waals surface area contributed by atoms with Gasteiger partial charge in [-0.3, -0.25) is 9.88 Å². The third-order valence-corrected chi connectivity index (χ3v) is 5.31. The predicted molar refractivity (Wildman–Crippen MR) is 100 cm³/mol. The average Bonchev–Trinajstić information content (AvgIpc) is 2.62. The van der Waals surface area contributed by atoms with Crippen molar-refractivity contribution in [2.24, 2.45) is 0 Å². The molecule has 0 spiro atoms. The summed E-state index contributed by atoms with van der Waals surface area (Å²) >= 11 is 1.72. The molecule has 1 atom stereocenters. The molecular formula is C18H25N5S. The fourth-order valence-corrected chi connectivity index (χ4v) is 3.58. The molecule has 128 valence electrons. The first kappa shape index (κ1) is 17.2. The second-order valence-corrected chi connectivity index (χ2v) is 7.29. The molecule has 24 heavy (non-hydrogen) atoms. The molecule has 1 aliphatic heterocycles. The Kier molecular flexibility index (Phi) is 6.07. The number of piperazine rings is 1. The van der Waals surface area contributed by atoms with Crippen LogP contribution in [-0.4, -0.2) is 66.1 Å². The van der Waals surface area contributed by atoms with E-state index in [-0.39, 0.29) is 0 Å². The van der Waals surface area contributed by atoms with Gasteiger partial charge in [-0.25, -0.2) is 4.98 Å². The summed E-state index contributed by atoms with van der Waals surface area (Å²) in [6.07, 6.45) is 3.64. The van der Waals surface area contributed by atoms with Crippen molar-refractivity contribution in [2.45, 2.75) is 16.8 Å². The van der Waals surface area contributed by atoms with Crippen LogP contribution < -0.4 is 5.32 Å². The van der Waals surface area contributed by atoms with Gasteiger partial charge in [0.25, 0.3) is 0 Å². The highest BCUT2D eigenvalue weighted by Crippen LogP contribution is 2.21. The van der Waals surface area contributed by atoms with Gasteiger partial charge >= 0.3 is 0 Å². The maximum Gasteiger partial charge on any atom is 0.145 e. The van der Waals surface area contributed by atoms with Crippen molar-refractivity contribution in [1.29, 1.82) is 0 Å². The van der Waals surface area contributed by atoms with Gasteiger partial charge in [-0.1, -0.05) is 30.3 Å². The highest BCUT2D eigenvalue weighted by Gasteiger charge is 2.21. The number of hydrogen-bond acceptors (Lipinski definition) is 6. The molecule has 1 saturated heterocycles. The van der Waals surface area contributed by atoms with Crippen LogP contribution >= 0.6 is 11.8 Å². The van der Waals surface area contributed by atoms with Crippen molar-refractivity contribution in [2.75, 3.05) is 45.6 Å². The zero-order valence-electron chi connectivity index (χ0n) is 14.4. The minimum atomic E-state index is 0.506. The van der Waals surface area contributed by atoms with E-state index < -0.39 is 0 Å². The van der Waals surface area contributed by atoms with Gasteiger partial charge in [0.05, 0.1) is 12.4 Å². The molecule has 1 fully saturated rings. The molecule has 1 aromatic heterocycles. The first-order valence-electron chi connectivity index (χ1n) is 8.32. The van der Waals surface area contributed by atoms with E-state index in [1.807, 2.05) is 12.3 Å². The van der Waals surface area contributed by atoms with Crippen LogP contribution in [0.2, 0.25) is 0 Å². The smallest absolute Gasteiger partial charge is 0.145 e. The molecule has 6 heteroatoms. The molecule has 1 unspecified atom stereocenters. The molecule has 0 amide bonds. The summed E-state index contributed by atoms with van der Waals surface area (Å²) in [7, 11) is 4.37. The Morgan fingerprint density at radius 3 is 2.83 bits per heavy atom. The van der Waals surface area contributed by atoms with Crippen LogP contribution in [0.4, 0.5) is 5.82 Å². The van der Waals surface area contributed by atoms with E-state index in [0.717, 1.165) is 42.8 Å². The molecule has 5 nitrogen and oxygen atoms in total. The fraction of sp³-hybridized carbons (Fsp3) is 0.444. The van der Waals surface area contributed by atoms with E-state index in [0.29, 0.717) is 6.04 Å². The number of nitrogens with one attached hydrogen (secondary N) is 1. The van der Waals surface area contributed by atoms with Crippen molar-refractivity contribution in [3.8, 4) is 0 Å². The highest BCUT2D eigenvalue weighted by atomic mass is 32.2. The molecule has 1 N–H and O–H groups in total. The third-order valence-electron chi connectivity index (χ3n) is 4.34. The minimum absolute atomic E-state index is 0.506. The standard InChI is InChI=1S/C18H25N5S/c1-22-8-9-23(2)16(13-22)10-20-17-11-19-12-18(21-17)24-14-15-6-4-3-5-7-15/h3-7,11-12,16H,8-10,13-14H2,1-2H3,(H,20,21). The lowest BCUT2D eigenvalue weighted by molar-refractivity contribution is 0.122. The van der Waals surface area contributed by atoms with E-state index >= 15 is 0 Å². The number of anilines is 1. The lowest BCUT2D eigenvalue weighted by Gasteiger charge is -2.37. The third kappa shape index (κ3) is 4.93. The Labute approximate surface area is 148 Å². The number of rotatable bonds is 6. The molecule has 0 radical (unpaired) electrons. The van der Waals surface area contributed by atoms with Crippen LogP contribution in [0.1, 0.15) is 5.56 Å². The van der Waals surface area contributed by atoms with Gasteiger partial charge in [0.1, 0.15) is 10.8 Å². The van der Waals surface area contributed by atoms with Crippen LogP contribution in [-0.2, 0) is 5.75 Å². The second-order valence-electron chi connectivity index (χ2n) is 6.29. The number of nitrogens with zero attached hydrogens (tertiary/aromatic N) is 4. The normalized spacial score (nSPS) is 19.3. The zero-order valence-corrected chi connectivity index (χ0v) is 15.2. The monoisotopic (exact) mass is 343 g/mol. The number of thioether (sulfide) groups is 1. The number of aromatic nitrogens is 2. The molecule has 2 heterocycles. The number of benzene rings is 1. The first-order valence-corrected chi connectivity index (χ1v) is 9.30. The van der Waals surface area contributed by atoms with Crippen molar-refractivity contribution in [3.63, 3.8) is 0 Å². The Bertz CT molecular complexity index is 636. The molecule has 2 aromatic rings. The Morgan fingerprint density at radius 1 is 1.17 bits per heavy atom. The van der Waals surface area contributed by atoms with Gasteiger partial charge in [0.2, 0.25) is 0 Å². The van der Waals surface area contributed by atoms with Gasteiger partial charge in [-0.05, 0) is 19.7 Å². The molecule has 0 aliphatic carbocycles. The van der Waals surface area contributed by atoms with E-state index in [2.05, 4.69) is 63.4 Å². The van der Waals surface area contributed by atoms with Crippen molar-refractivity contribution in [1.82, 2.24) is 19.8 Å². The van der Waals surface area contributed by atoms with Crippen molar-refractivity contribution in [3.05, 3.63) is 48.3 Å². The quantitative estimate of drug-likeness (QED) is 0.813. The van der Waals surface area contributed by atoms with Gasteiger partial charge in [0, 0.05) is 38.0 Å². The second kappa shape index (κ2) is 8.46. The lowest BCUT2D eigenvalue weighted by Crippen LogP contribution is -2.52. The minimum Gasteiger partial charge on any atom is -0.367 e. The summed E-state index contributed by atoms with van der Waals surface area (Å²) in [5.41, 5.74) is 1.30. The van der Waals surface area contributed by atoms with Crippen LogP contribution in [0.3, 0.4) is 0 Å². The largest absolute Gasteiger partial charge is 0.367 e. The number of likely N-dealkylation sites (N-methyl/N-ethyl adjacent to an activating group) is 2. The molecule has 0 saturated carbocycles. The Morgan fingerprint density at radius 2 is 2.00 bits per heavy atom. The predicted octanol–water partition coefficient (Wildman–Crippen LogP) is 2.43. The van der Waals surface area contributed by atoms with Crippen LogP contribution in [0.5, 0.6) is 0 Å². The summed E-state index contributed by atoms with van der Waals surface area (Å²) in [6.45, 7) is 4.22. The topological polar surface area (TPSA) is 44.3 Å². The van der Waals surface area contributed by atoms with Gasteiger partial charge < -0.3 is 10.2 Å². The highest BCUT2D eigenvalue weighted by molar-refractivity contribution is 7.98. The van der Waals surface area contributed by atoms with Crippen molar-refractivity contribution < 1.29 is 0 Å². The molecule has 3 rings (SSSR count). The SMILES string of the molecule is CN1CCN(C)C(CNc2cncc(SCc3ccccc3)n2)C1. The summed E-state index contributed by atoms with van der Waals surface area (Å²) in [4.78, 5) is 13.8. The summed E-state index contributed by atoms with van der Waals surface area (Å²) in [6, 6.07) is 11.0. The van der Waals surface area contributed by atoms with Crippen LogP contribution in [0.25, 0.3) is 0 Å². The molecule has 1 aromatic carbocycles. The van der Waals surface area contributed by atoms with Crippen LogP contribution in [0, 0.1) is 0 Å². The summed E-state index contributed by atoms with van der Waals surface area (Å²) in [5.74, 6) is 1.77. The van der Waals surface area contributed by atoms with E-state index in [1.54, 1.807) is 18.0 Å². The van der Waals surface area contributed by atoms with E-state index in [9.17, 15) is 0 Å². The maximum atomic E-state index is 4.67. The Hall–Kier alpha value is -1.63. The van der Waals surface area contributed by atoms with E-state index in [1.165, 1.54) is 5.56 Å². The van der Waals surface area contributed by atoms with Gasteiger partial charge in [-0.2, -0.15) is 0 Å². The van der Waals surface area contributed by atoms with Crippen LogP contribution in [0.15, 0.2) is 47.8 Å². The fourth-order valence-electron chi connectivity index (χ4n) is 2.78. The molecular weight excluding hydrogens is 318 g/mol.